The Morgan fingerprint density at radius 3 is 2.08 bits per heavy atom. The highest BCUT2D eigenvalue weighted by Gasteiger charge is 2.34. The fourth-order valence-electron chi connectivity index (χ4n) is 2.44. The van der Waals surface area contributed by atoms with Gasteiger partial charge in [0.1, 0.15) is 11.5 Å². The van der Waals surface area contributed by atoms with Gasteiger partial charge in [-0.25, -0.2) is 0 Å². The van der Waals surface area contributed by atoms with Crippen molar-refractivity contribution in [2.45, 2.75) is 25.0 Å². The van der Waals surface area contributed by atoms with Gasteiger partial charge >= 0.3 is 7.60 Å². The maximum atomic E-state index is 11.5. The molecule has 0 amide bonds. The third-order valence-corrected chi connectivity index (χ3v) is 4.67. The summed E-state index contributed by atoms with van der Waals surface area (Å²) in [4.78, 5) is 18.7. The van der Waals surface area contributed by atoms with E-state index >= 15 is 0 Å². The van der Waals surface area contributed by atoms with Crippen LogP contribution >= 0.6 is 7.60 Å². The number of hydrogen-bond acceptors (Lipinski definition) is 5. The van der Waals surface area contributed by atoms with Crippen molar-refractivity contribution in [2.75, 3.05) is 0 Å². The molecule has 0 bridgehead atoms. The Kier molecular flexibility index (Phi) is 5.32. The quantitative estimate of drug-likeness (QED) is 0.337. The van der Waals surface area contributed by atoms with Crippen molar-refractivity contribution in [1.29, 1.82) is 0 Å². The zero-order chi connectivity index (χ0) is 18.0. The van der Waals surface area contributed by atoms with E-state index in [1.165, 1.54) is 12.1 Å². The molecule has 0 saturated heterocycles. The van der Waals surface area contributed by atoms with Gasteiger partial charge in [-0.2, -0.15) is 0 Å². The van der Waals surface area contributed by atoms with Crippen molar-refractivity contribution >= 4 is 12.9 Å². The molecular formula is C16H19O7P. The van der Waals surface area contributed by atoms with E-state index in [0.717, 1.165) is 23.8 Å². The molecule has 0 aliphatic carbocycles. The van der Waals surface area contributed by atoms with Crippen molar-refractivity contribution in [1.82, 2.24) is 0 Å². The number of hydrogen-bond donors (Lipinski definition) is 6. The molecular weight excluding hydrogens is 335 g/mol. The lowest BCUT2D eigenvalue weighted by atomic mass is 9.97. The minimum atomic E-state index is -4.73. The van der Waals surface area contributed by atoms with Gasteiger partial charge in [0.25, 0.3) is 0 Å². The first kappa shape index (κ1) is 18.4. The summed E-state index contributed by atoms with van der Waals surface area (Å²) in [6.45, 7) is 0. The topological polar surface area (TPSA) is 138 Å². The standard InChI is InChI=1S/C16H19O7P/c17-12-5-3-11(4-6-12)2-1-9-16(19,20)14-10-13(18)7-8-15(14)24(21,22)23/h3-8,10,17-20H,1-2,9H2,(H2,21,22,23). The van der Waals surface area contributed by atoms with Gasteiger partial charge in [0.05, 0.1) is 5.30 Å². The summed E-state index contributed by atoms with van der Waals surface area (Å²) in [7, 11) is -4.73. The predicted molar refractivity (Wildman–Crippen MR) is 86.9 cm³/mol. The first-order valence-electron chi connectivity index (χ1n) is 7.22. The number of aliphatic hydroxyl groups is 2. The van der Waals surface area contributed by atoms with Crippen LogP contribution in [0.4, 0.5) is 0 Å². The number of aromatic hydroxyl groups is 2. The van der Waals surface area contributed by atoms with Gasteiger partial charge in [-0.15, -0.1) is 0 Å². The van der Waals surface area contributed by atoms with Crippen LogP contribution < -0.4 is 5.30 Å². The SMILES string of the molecule is O=P(O)(O)c1ccc(O)cc1C(O)(O)CCCc1ccc(O)cc1. The molecule has 0 aromatic heterocycles. The highest BCUT2D eigenvalue weighted by molar-refractivity contribution is 7.60. The van der Waals surface area contributed by atoms with Gasteiger partial charge in [0, 0.05) is 12.0 Å². The van der Waals surface area contributed by atoms with E-state index in [1.54, 1.807) is 12.1 Å². The fourth-order valence-corrected chi connectivity index (χ4v) is 3.26. The molecule has 0 spiro atoms. The molecule has 24 heavy (non-hydrogen) atoms. The Bertz CT molecular complexity index is 750. The molecule has 0 heterocycles. The Hall–Kier alpha value is -1.89. The Morgan fingerprint density at radius 2 is 1.50 bits per heavy atom. The maximum Gasteiger partial charge on any atom is 0.356 e. The van der Waals surface area contributed by atoms with E-state index < -0.39 is 24.3 Å². The molecule has 2 aromatic carbocycles. The lowest BCUT2D eigenvalue weighted by Crippen LogP contribution is -2.31. The molecule has 7 nitrogen and oxygen atoms in total. The fraction of sp³-hybridized carbons (Fsp3) is 0.250. The summed E-state index contributed by atoms with van der Waals surface area (Å²) in [6, 6.07) is 9.41. The number of rotatable bonds is 6. The molecule has 0 atom stereocenters. The molecule has 2 rings (SSSR count). The second-order valence-corrected chi connectivity index (χ2v) is 7.15. The summed E-state index contributed by atoms with van der Waals surface area (Å²) < 4.78 is 11.5. The van der Waals surface area contributed by atoms with Crippen molar-refractivity contribution in [2.24, 2.45) is 0 Å². The minimum absolute atomic E-state index is 0.128. The van der Waals surface area contributed by atoms with Crippen LogP contribution in [0.15, 0.2) is 42.5 Å². The number of benzene rings is 2. The predicted octanol–water partition coefficient (Wildman–Crippen LogP) is 1.06. The van der Waals surface area contributed by atoms with Gasteiger partial charge in [-0.1, -0.05) is 12.1 Å². The lowest BCUT2D eigenvalue weighted by molar-refractivity contribution is -0.174. The highest BCUT2D eigenvalue weighted by Crippen LogP contribution is 2.39. The first-order chi connectivity index (χ1) is 11.1. The average molecular weight is 354 g/mol. The van der Waals surface area contributed by atoms with Crippen LogP contribution in [0.5, 0.6) is 11.5 Å². The molecule has 6 N–H and O–H groups in total. The Morgan fingerprint density at radius 1 is 0.917 bits per heavy atom. The Labute approximate surface area is 138 Å². The molecule has 0 unspecified atom stereocenters. The molecule has 130 valence electrons. The molecule has 0 saturated carbocycles. The zero-order valence-corrected chi connectivity index (χ0v) is 13.6. The molecule has 2 aromatic rings. The number of aryl methyl sites for hydroxylation is 1. The van der Waals surface area contributed by atoms with Gasteiger partial charge in [-0.05, 0) is 48.7 Å². The third kappa shape index (κ3) is 4.56. The van der Waals surface area contributed by atoms with E-state index in [2.05, 4.69) is 0 Å². The van der Waals surface area contributed by atoms with Gasteiger partial charge < -0.3 is 30.2 Å². The van der Waals surface area contributed by atoms with Gasteiger partial charge in [-0.3, -0.25) is 4.57 Å². The van der Waals surface area contributed by atoms with Crippen molar-refractivity contribution in [3.8, 4) is 11.5 Å². The largest absolute Gasteiger partial charge is 0.508 e. The smallest absolute Gasteiger partial charge is 0.356 e. The zero-order valence-electron chi connectivity index (χ0n) is 12.7. The maximum absolute atomic E-state index is 11.5. The van der Waals surface area contributed by atoms with E-state index in [-0.39, 0.29) is 17.9 Å². The van der Waals surface area contributed by atoms with Crippen LogP contribution in [0.3, 0.4) is 0 Å². The van der Waals surface area contributed by atoms with Crippen molar-refractivity contribution in [3.63, 3.8) is 0 Å². The minimum Gasteiger partial charge on any atom is -0.508 e. The van der Waals surface area contributed by atoms with Gasteiger partial charge in [0.2, 0.25) is 0 Å². The van der Waals surface area contributed by atoms with E-state index in [9.17, 15) is 34.8 Å². The molecule has 0 aliphatic heterocycles. The van der Waals surface area contributed by atoms with Crippen LogP contribution in [-0.4, -0.2) is 30.2 Å². The highest BCUT2D eigenvalue weighted by atomic mass is 31.2. The summed E-state index contributed by atoms with van der Waals surface area (Å²) >= 11 is 0. The second kappa shape index (κ2) is 6.93. The summed E-state index contributed by atoms with van der Waals surface area (Å²) in [5.74, 6) is -2.69. The molecule has 0 fully saturated rings. The van der Waals surface area contributed by atoms with Crippen LogP contribution in [0.1, 0.15) is 24.0 Å². The number of phenols is 2. The summed E-state index contributed by atoms with van der Waals surface area (Å²) in [6.07, 6.45) is 0.603. The van der Waals surface area contributed by atoms with Crippen LogP contribution in [0.2, 0.25) is 0 Å². The van der Waals surface area contributed by atoms with Crippen molar-refractivity contribution in [3.05, 3.63) is 53.6 Å². The second-order valence-electron chi connectivity index (χ2n) is 5.58. The van der Waals surface area contributed by atoms with E-state index in [1.807, 2.05) is 0 Å². The van der Waals surface area contributed by atoms with Crippen LogP contribution in [0, 0.1) is 0 Å². The van der Waals surface area contributed by atoms with Crippen LogP contribution in [-0.2, 0) is 16.8 Å². The van der Waals surface area contributed by atoms with Gasteiger partial charge in [0.15, 0.2) is 5.79 Å². The molecule has 8 heteroatoms. The Balaban J connectivity index is 2.16. The van der Waals surface area contributed by atoms with Crippen molar-refractivity contribution < 1.29 is 34.8 Å². The normalized spacial score (nSPS) is 12.3. The number of phenolic OH excluding ortho intramolecular Hbond substituents is 2. The monoisotopic (exact) mass is 354 g/mol. The summed E-state index contributed by atoms with van der Waals surface area (Å²) in [5.41, 5.74) is 0.455. The van der Waals surface area contributed by atoms with Crippen LogP contribution in [0.25, 0.3) is 0 Å². The first-order valence-corrected chi connectivity index (χ1v) is 8.83. The van der Waals surface area contributed by atoms with E-state index in [4.69, 9.17) is 0 Å². The van der Waals surface area contributed by atoms with E-state index in [0.29, 0.717) is 12.8 Å². The molecule has 0 aliphatic rings. The lowest BCUT2D eigenvalue weighted by Gasteiger charge is -2.25. The summed E-state index contributed by atoms with van der Waals surface area (Å²) in [5, 5.41) is 38.7. The third-order valence-electron chi connectivity index (χ3n) is 3.65. The molecule has 0 radical (unpaired) electrons. The average Bonchev–Trinajstić information content (AvgIpc) is 2.48.